The number of hydrogen-bond donors (Lipinski definition) is 2. The first-order valence-corrected chi connectivity index (χ1v) is 7.11. The van der Waals surface area contributed by atoms with E-state index >= 15 is 0 Å². The highest BCUT2D eigenvalue weighted by atomic mass is 16.5. The second kappa shape index (κ2) is 8.42. The summed E-state index contributed by atoms with van der Waals surface area (Å²) in [6, 6.07) is 8.13. The van der Waals surface area contributed by atoms with Crippen LogP contribution in [0.4, 0.5) is 0 Å². The summed E-state index contributed by atoms with van der Waals surface area (Å²) >= 11 is 0. The molecule has 21 heavy (non-hydrogen) atoms. The van der Waals surface area contributed by atoms with Crippen molar-refractivity contribution in [3.8, 4) is 0 Å². The molecule has 5 nitrogen and oxygen atoms in total. The second-order valence-corrected chi connectivity index (χ2v) is 5.51. The molecule has 0 saturated carbocycles. The van der Waals surface area contributed by atoms with E-state index in [0.29, 0.717) is 18.8 Å². The first kappa shape index (κ1) is 17.2. The number of amides is 1. The molecular formula is C16H24N2O3. The molecule has 1 amide bonds. The molecule has 116 valence electrons. The minimum absolute atomic E-state index is 0.316. The van der Waals surface area contributed by atoms with Gasteiger partial charge in [-0.3, -0.25) is 4.79 Å². The Kier molecular flexibility index (Phi) is 6.88. The van der Waals surface area contributed by atoms with Crippen LogP contribution >= 0.6 is 0 Å². The van der Waals surface area contributed by atoms with Crippen LogP contribution in [-0.4, -0.2) is 31.1 Å². The van der Waals surface area contributed by atoms with Gasteiger partial charge in [0.15, 0.2) is 0 Å². The first-order valence-electron chi connectivity index (χ1n) is 7.11. The van der Waals surface area contributed by atoms with E-state index in [9.17, 15) is 9.59 Å². The lowest BCUT2D eigenvalue weighted by Gasteiger charge is -2.20. The molecule has 0 spiro atoms. The van der Waals surface area contributed by atoms with Crippen LogP contribution < -0.4 is 11.1 Å². The largest absolute Gasteiger partial charge is 0.467 e. The van der Waals surface area contributed by atoms with Crippen molar-refractivity contribution in [2.45, 2.75) is 38.8 Å². The molecule has 0 aromatic heterocycles. The molecule has 0 unspecified atom stereocenters. The van der Waals surface area contributed by atoms with E-state index in [1.807, 2.05) is 44.2 Å². The summed E-state index contributed by atoms with van der Waals surface area (Å²) in [6.07, 6.45) is 0.957. The first-order chi connectivity index (χ1) is 9.93. The Balaban J connectivity index is 2.70. The van der Waals surface area contributed by atoms with Crippen LogP contribution in [0.5, 0.6) is 0 Å². The van der Waals surface area contributed by atoms with E-state index in [0.717, 1.165) is 5.56 Å². The number of carbonyl (C=O) groups is 2. The van der Waals surface area contributed by atoms with Crippen LogP contribution in [0.2, 0.25) is 0 Å². The van der Waals surface area contributed by atoms with Crippen molar-refractivity contribution in [2.75, 3.05) is 7.11 Å². The summed E-state index contributed by atoms with van der Waals surface area (Å²) in [5.41, 5.74) is 6.79. The summed E-state index contributed by atoms with van der Waals surface area (Å²) in [6.45, 7) is 3.99. The van der Waals surface area contributed by atoms with Gasteiger partial charge in [-0.1, -0.05) is 44.2 Å². The fraction of sp³-hybridized carbons (Fsp3) is 0.500. The van der Waals surface area contributed by atoms with Crippen LogP contribution in [0.15, 0.2) is 30.3 Å². The Morgan fingerprint density at radius 1 is 1.24 bits per heavy atom. The van der Waals surface area contributed by atoms with Crippen LogP contribution in [0.25, 0.3) is 0 Å². The summed E-state index contributed by atoms with van der Waals surface area (Å²) in [4.78, 5) is 23.9. The number of nitrogens with one attached hydrogen (secondary N) is 1. The minimum atomic E-state index is -0.719. The maximum absolute atomic E-state index is 12.1. The smallest absolute Gasteiger partial charge is 0.328 e. The van der Waals surface area contributed by atoms with Crippen molar-refractivity contribution in [1.29, 1.82) is 0 Å². The molecule has 0 heterocycles. The maximum atomic E-state index is 12.1. The molecule has 0 aliphatic heterocycles. The van der Waals surface area contributed by atoms with E-state index in [4.69, 9.17) is 10.5 Å². The van der Waals surface area contributed by atoms with Crippen molar-refractivity contribution in [1.82, 2.24) is 5.32 Å². The standard InChI is InChI=1S/C16H24N2O3/c1-11(2)9-13(17)15(19)18-14(16(20)21-3)10-12-7-5-4-6-8-12/h4-8,11,13-14H,9-10,17H2,1-3H3,(H,18,19)/t13-,14+/m0/s1. The lowest BCUT2D eigenvalue weighted by atomic mass is 10.0. The van der Waals surface area contributed by atoms with E-state index in [-0.39, 0.29) is 5.91 Å². The fourth-order valence-corrected chi connectivity index (χ4v) is 2.08. The van der Waals surface area contributed by atoms with E-state index < -0.39 is 18.1 Å². The van der Waals surface area contributed by atoms with Crippen LogP contribution in [0.3, 0.4) is 0 Å². The highest BCUT2D eigenvalue weighted by Gasteiger charge is 2.24. The predicted molar refractivity (Wildman–Crippen MR) is 81.5 cm³/mol. The van der Waals surface area contributed by atoms with E-state index in [1.165, 1.54) is 7.11 Å². The normalized spacial score (nSPS) is 13.6. The molecule has 1 rings (SSSR count). The van der Waals surface area contributed by atoms with Gasteiger partial charge < -0.3 is 15.8 Å². The van der Waals surface area contributed by atoms with Crippen molar-refractivity contribution < 1.29 is 14.3 Å². The molecule has 0 radical (unpaired) electrons. The topological polar surface area (TPSA) is 81.4 Å². The Bertz CT molecular complexity index is 460. The predicted octanol–water partition coefficient (Wildman–Crippen LogP) is 1.26. The molecule has 0 aliphatic rings. The van der Waals surface area contributed by atoms with Crippen molar-refractivity contribution in [2.24, 2.45) is 11.7 Å². The van der Waals surface area contributed by atoms with Gasteiger partial charge >= 0.3 is 5.97 Å². The summed E-state index contributed by atoms with van der Waals surface area (Å²) in [7, 11) is 1.31. The van der Waals surface area contributed by atoms with Gasteiger partial charge in [0.05, 0.1) is 13.2 Å². The van der Waals surface area contributed by atoms with Gasteiger partial charge in [-0.15, -0.1) is 0 Å². The number of hydrogen-bond acceptors (Lipinski definition) is 4. The van der Waals surface area contributed by atoms with E-state index in [1.54, 1.807) is 0 Å². The highest BCUT2D eigenvalue weighted by molar-refractivity contribution is 5.87. The monoisotopic (exact) mass is 292 g/mol. The zero-order valence-electron chi connectivity index (χ0n) is 12.8. The number of carbonyl (C=O) groups excluding carboxylic acids is 2. The minimum Gasteiger partial charge on any atom is -0.467 e. The molecule has 1 aromatic carbocycles. The Morgan fingerprint density at radius 2 is 1.86 bits per heavy atom. The highest BCUT2D eigenvalue weighted by Crippen LogP contribution is 2.07. The number of benzene rings is 1. The number of ether oxygens (including phenoxy) is 1. The Morgan fingerprint density at radius 3 is 2.38 bits per heavy atom. The molecule has 0 aliphatic carbocycles. The van der Waals surface area contributed by atoms with Crippen LogP contribution in [-0.2, 0) is 20.7 Å². The van der Waals surface area contributed by atoms with Crippen molar-refractivity contribution in [3.05, 3.63) is 35.9 Å². The SMILES string of the molecule is COC(=O)[C@@H](Cc1ccccc1)NC(=O)[C@@H](N)CC(C)C. The average molecular weight is 292 g/mol. The third-order valence-corrected chi connectivity index (χ3v) is 3.15. The average Bonchev–Trinajstić information content (AvgIpc) is 2.46. The molecule has 5 heteroatoms. The van der Waals surface area contributed by atoms with Gasteiger partial charge in [-0.25, -0.2) is 4.79 Å². The third kappa shape index (κ3) is 5.95. The second-order valence-electron chi connectivity index (χ2n) is 5.51. The number of nitrogens with two attached hydrogens (primary N) is 1. The Hall–Kier alpha value is -1.88. The summed E-state index contributed by atoms with van der Waals surface area (Å²) in [5, 5.41) is 2.68. The maximum Gasteiger partial charge on any atom is 0.328 e. The zero-order chi connectivity index (χ0) is 15.8. The van der Waals surface area contributed by atoms with E-state index in [2.05, 4.69) is 5.32 Å². The molecule has 2 atom stereocenters. The Labute approximate surface area is 125 Å². The fourth-order valence-electron chi connectivity index (χ4n) is 2.08. The lowest BCUT2D eigenvalue weighted by molar-refractivity contribution is -0.145. The molecule has 3 N–H and O–H groups in total. The van der Waals surface area contributed by atoms with Gasteiger partial charge in [-0.05, 0) is 17.9 Å². The molecule has 0 bridgehead atoms. The molecule has 1 aromatic rings. The van der Waals surface area contributed by atoms with Gasteiger partial charge in [0.1, 0.15) is 6.04 Å². The molecule has 0 saturated heterocycles. The number of esters is 1. The number of rotatable bonds is 7. The van der Waals surface area contributed by atoms with Crippen molar-refractivity contribution >= 4 is 11.9 Å². The lowest BCUT2D eigenvalue weighted by Crippen LogP contribution is -2.50. The molecular weight excluding hydrogens is 268 g/mol. The molecule has 0 fully saturated rings. The van der Waals surface area contributed by atoms with Gasteiger partial charge in [0, 0.05) is 6.42 Å². The third-order valence-electron chi connectivity index (χ3n) is 3.15. The van der Waals surface area contributed by atoms with Gasteiger partial charge in [0.2, 0.25) is 5.91 Å². The van der Waals surface area contributed by atoms with Crippen LogP contribution in [0, 0.1) is 5.92 Å². The van der Waals surface area contributed by atoms with Gasteiger partial charge in [-0.2, -0.15) is 0 Å². The quantitative estimate of drug-likeness (QED) is 0.741. The summed E-state index contributed by atoms with van der Waals surface area (Å²) < 4.78 is 4.75. The van der Waals surface area contributed by atoms with Gasteiger partial charge in [0.25, 0.3) is 0 Å². The zero-order valence-corrected chi connectivity index (χ0v) is 12.8. The number of methoxy groups -OCH3 is 1. The van der Waals surface area contributed by atoms with Crippen LogP contribution in [0.1, 0.15) is 25.8 Å². The summed E-state index contributed by atoms with van der Waals surface area (Å²) in [5.74, 6) is -0.476. The van der Waals surface area contributed by atoms with Crippen molar-refractivity contribution in [3.63, 3.8) is 0 Å².